The Hall–Kier alpha value is -4.30. The van der Waals surface area contributed by atoms with Gasteiger partial charge in [-0.05, 0) is 34.8 Å². The Balaban J connectivity index is 1.55. The van der Waals surface area contributed by atoms with Crippen LogP contribution < -0.4 is 0 Å². The van der Waals surface area contributed by atoms with E-state index in [4.69, 9.17) is 9.97 Å². The number of hydrogen-bond donors (Lipinski definition) is 0. The van der Waals surface area contributed by atoms with Crippen LogP contribution in [0.25, 0.3) is 50.6 Å². The first-order valence-corrected chi connectivity index (χ1v) is 12.1. The van der Waals surface area contributed by atoms with Gasteiger partial charge in [0, 0.05) is 16.7 Å². The van der Waals surface area contributed by atoms with Gasteiger partial charge in [0.2, 0.25) is 0 Å². The van der Waals surface area contributed by atoms with E-state index in [-0.39, 0.29) is 0 Å². The molecule has 4 aromatic carbocycles. The number of nitrogens with zero attached hydrogens (tertiary/aromatic N) is 2. The second-order valence-corrected chi connectivity index (χ2v) is 8.70. The fourth-order valence-electron chi connectivity index (χ4n) is 4.25. The van der Waals surface area contributed by atoms with Crippen LogP contribution in [0.4, 0.5) is 0 Å². The molecule has 0 N–H and O–H groups in total. The molecule has 0 saturated carbocycles. The maximum atomic E-state index is 4.98. The van der Waals surface area contributed by atoms with E-state index in [1.165, 1.54) is 22.3 Å². The van der Waals surface area contributed by atoms with Gasteiger partial charge in [-0.3, -0.25) is 0 Å². The van der Waals surface area contributed by atoms with Crippen molar-refractivity contribution >= 4 is 5.57 Å². The van der Waals surface area contributed by atoms with Crippen molar-refractivity contribution in [1.29, 1.82) is 0 Å². The van der Waals surface area contributed by atoms with Crippen LogP contribution in [0.1, 0.15) is 25.3 Å². The minimum Gasteiger partial charge on any atom is -0.228 e. The maximum Gasteiger partial charge on any atom is 0.160 e. The highest BCUT2D eigenvalue weighted by Crippen LogP contribution is 2.30. The quantitative estimate of drug-likeness (QED) is 0.246. The summed E-state index contributed by atoms with van der Waals surface area (Å²) in [6, 6.07) is 39.8. The Morgan fingerprint density at radius 2 is 1.03 bits per heavy atom. The summed E-state index contributed by atoms with van der Waals surface area (Å²) in [5.41, 5.74) is 9.70. The van der Waals surface area contributed by atoms with E-state index < -0.39 is 0 Å². The van der Waals surface area contributed by atoms with Crippen molar-refractivity contribution in [1.82, 2.24) is 9.97 Å². The minimum absolute atomic E-state index is 0.723. The van der Waals surface area contributed by atoms with Crippen LogP contribution in [0, 0.1) is 0 Å². The van der Waals surface area contributed by atoms with Crippen LogP contribution in [0.5, 0.6) is 0 Å². The van der Waals surface area contributed by atoms with Gasteiger partial charge in [0.15, 0.2) is 5.82 Å². The molecule has 0 spiro atoms. The zero-order valence-electron chi connectivity index (χ0n) is 20.0. The van der Waals surface area contributed by atoms with Gasteiger partial charge in [-0.25, -0.2) is 9.97 Å². The van der Waals surface area contributed by atoms with E-state index >= 15 is 0 Å². The van der Waals surface area contributed by atoms with Crippen molar-refractivity contribution in [2.24, 2.45) is 0 Å². The molecule has 0 radical (unpaired) electrons. The Morgan fingerprint density at radius 3 is 1.60 bits per heavy atom. The summed E-state index contributed by atoms with van der Waals surface area (Å²) in [4.78, 5) is 9.93. The van der Waals surface area contributed by atoms with Gasteiger partial charge in [0.1, 0.15) is 0 Å². The third kappa shape index (κ3) is 5.12. The van der Waals surface area contributed by atoms with Gasteiger partial charge in [0.05, 0.1) is 11.4 Å². The highest BCUT2D eigenvalue weighted by molar-refractivity contribution is 5.74. The molecule has 5 aromatic rings. The average molecular weight is 453 g/mol. The summed E-state index contributed by atoms with van der Waals surface area (Å²) in [6.45, 7) is 6.41. The number of rotatable bonds is 7. The number of aromatic nitrogens is 2. The lowest BCUT2D eigenvalue weighted by Crippen LogP contribution is -1.96. The summed E-state index contributed by atoms with van der Waals surface area (Å²) in [5.74, 6) is 0.723. The smallest absolute Gasteiger partial charge is 0.160 e. The van der Waals surface area contributed by atoms with Gasteiger partial charge in [-0.1, -0.05) is 129 Å². The molecule has 2 nitrogen and oxygen atoms in total. The molecule has 0 saturated heterocycles. The van der Waals surface area contributed by atoms with Gasteiger partial charge in [0.25, 0.3) is 0 Å². The van der Waals surface area contributed by atoms with Crippen LogP contribution in [0.2, 0.25) is 0 Å². The highest BCUT2D eigenvalue weighted by atomic mass is 14.9. The fraction of sp³-hybridized carbons (Fsp3) is 0.0909. The first kappa shape index (κ1) is 22.5. The average Bonchev–Trinajstić information content (AvgIpc) is 2.94. The lowest BCUT2D eigenvalue weighted by Gasteiger charge is -2.11. The fourth-order valence-corrected chi connectivity index (χ4v) is 4.25. The third-order valence-corrected chi connectivity index (χ3v) is 6.19. The molecule has 0 aliphatic heterocycles. The van der Waals surface area contributed by atoms with Crippen molar-refractivity contribution in [3.8, 4) is 45.0 Å². The largest absolute Gasteiger partial charge is 0.228 e. The second-order valence-electron chi connectivity index (χ2n) is 8.70. The van der Waals surface area contributed by atoms with E-state index in [0.29, 0.717) is 0 Å². The minimum atomic E-state index is 0.723. The van der Waals surface area contributed by atoms with Gasteiger partial charge >= 0.3 is 0 Å². The summed E-state index contributed by atoms with van der Waals surface area (Å²) >= 11 is 0. The Kier molecular flexibility index (Phi) is 6.63. The predicted octanol–water partition coefficient (Wildman–Crippen LogP) is 8.96. The van der Waals surface area contributed by atoms with Crippen molar-refractivity contribution in [2.75, 3.05) is 0 Å². The summed E-state index contributed by atoms with van der Waals surface area (Å²) < 4.78 is 0. The van der Waals surface area contributed by atoms with E-state index in [9.17, 15) is 0 Å². The lowest BCUT2D eigenvalue weighted by atomic mass is 10.00. The molecule has 0 aliphatic rings. The van der Waals surface area contributed by atoms with Gasteiger partial charge < -0.3 is 0 Å². The SMILES string of the molecule is C=C(CCC)c1ccc(-c2cc(-c3ccccc3)nc(-c3ccc(-c4ccccc4)cc3)n2)cc1. The van der Waals surface area contributed by atoms with Crippen molar-refractivity contribution < 1.29 is 0 Å². The summed E-state index contributed by atoms with van der Waals surface area (Å²) in [6.07, 6.45) is 2.10. The Bertz CT molecular complexity index is 1420. The molecular weight excluding hydrogens is 424 g/mol. The molecule has 1 aromatic heterocycles. The molecule has 0 fully saturated rings. The number of hydrogen-bond acceptors (Lipinski definition) is 2. The van der Waals surface area contributed by atoms with Crippen LogP contribution in [0.15, 0.2) is 122 Å². The predicted molar refractivity (Wildman–Crippen MR) is 148 cm³/mol. The molecule has 0 bridgehead atoms. The molecule has 170 valence electrons. The van der Waals surface area contributed by atoms with E-state index in [1.807, 2.05) is 24.3 Å². The summed E-state index contributed by atoms with van der Waals surface area (Å²) in [7, 11) is 0. The van der Waals surface area contributed by atoms with E-state index in [1.54, 1.807) is 0 Å². The third-order valence-electron chi connectivity index (χ3n) is 6.19. The molecule has 0 amide bonds. The van der Waals surface area contributed by atoms with E-state index in [2.05, 4.69) is 104 Å². The number of benzene rings is 4. The van der Waals surface area contributed by atoms with Gasteiger partial charge in [-0.15, -0.1) is 0 Å². The number of allylic oxidation sites excluding steroid dienone is 1. The molecule has 0 atom stereocenters. The first-order chi connectivity index (χ1) is 17.2. The standard InChI is InChI=1S/C33H28N2/c1-3-10-24(2)25-15-19-29(20-16-25)32-23-31(28-13-8-5-9-14-28)34-33(35-32)30-21-17-27(18-22-30)26-11-6-4-7-12-26/h4-9,11-23H,2-3,10H2,1H3. The van der Waals surface area contributed by atoms with Crippen LogP contribution in [-0.4, -0.2) is 9.97 Å². The first-order valence-electron chi connectivity index (χ1n) is 12.1. The lowest BCUT2D eigenvalue weighted by molar-refractivity contribution is 0.975. The van der Waals surface area contributed by atoms with Crippen molar-refractivity contribution in [2.45, 2.75) is 19.8 Å². The van der Waals surface area contributed by atoms with Crippen molar-refractivity contribution in [3.05, 3.63) is 127 Å². The molecule has 0 aliphatic carbocycles. The topological polar surface area (TPSA) is 25.8 Å². The zero-order chi connectivity index (χ0) is 24.0. The van der Waals surface area contributed by atoms with Crippen LogP contribution >= 0.6 is 0 Å². The second kappa shape index (κ2) is 10.3. The molecular formula is C33H28N2. The maximum absolute atomic E-state index is 4.98. The molecule has 0 unspecified atom stereocenters. The molecule has 2 heteroatoms. The molecule has 35 heavy (non-hydrogen) atoms. The van der Waals surface area contributed by atoms with E-state index in [0.717, 1.165) is 46.7 Å². The normalized spacial score (nSPS) is 10.8. The monoisotopic (exact) mass is 452 g/mol. The highest BCUT2D eigenvalue weighted by Gasteiger charge is 2.11. The Morgan fingerprint density at radius 1 is 0.571 bits per heavy atom. The zero-order valence-corrected chi connectivity index (χ0v) is 20.0. The molecule has 1 heterocycles. The van der Waals surface area contributed by atoms with Crippen molar-refractivity contribution in [3.63, 3.8) is 0 Å². The van der Waals surface area contributed by atoms with Crippen LogP contribution in [0.3, 0.4) is 0 Å². The summed E-state index contributed by atoms with van der Waals surface area (Å²) in [5, 5.41) is 0. The molecule has 5 rings (SSSR count). The Labute approximate surface area is 207 Å². The van der Waals surface area contributed by atoms with Gasteiger partial charge in [-0.2, -0.15) is 0 Å². The van der Waals surface area contributed by atoms with Crippen LogP contribution in [-0.2, 0) is 0 Å².